The maximum absolute atomic E-state index is 11.7. The molecule has 0 radical (unpaired) electrons. The number of Topliss-reactive ketones (excluding diaryl/α,β-unsaturated/α-hetero) is 1. The molecule has 5 heterocycles. The molecule has 93 heavy (non-hydrogen) atoms. The van der Waals surface area contributed by atoms with Gasteiger partial charge in [0, 0.05) is 11.5 Å². The second-order valence-electron chi connectivity index (χ2n) is 22.6. The molecule has 1 atom stereocenters. The van der Waals surface area contributed by atoms with Crippen molar-refractivity contribution in [1.29, 1.82) is 0 Å². The lowest BCUT2D eigenvalue weighted by Gasteiger charge is -2.15. The van der Waals surface area contributed by atoms with Gasteiger partial charge in [0.15, 0.2) is 17.2 Å². The Bertz CT molecular complexity index is 4260. The van der Waals surface area contributed by atoms with Crippen molar-refractivity contribution in [2.24, 2.45) is 34.1 Å². The van der Waals surface area contributed by atoms with Crippen LogP contribution in [0.2, 0.25) is 0 Å². The summed E-state index contributed by atoms with van der Waals surface area (Å²) in [6, 6.07) is 13.2. The number of benzene rings is 3. The summed E-state index contributed by atoms with van der Waals surface area (Å²) in [5.74, 6) is 0.274. The van der Waals surface area contributed by atoms with Crippen LogP contribution in [0.4, 0.5) is 0 Å². The molecule has 27 nitrogen and oxygen atoms in total. The quantitative estimate of drug-likeness (QED) is 0.0400. The number of ketones is 1. The van der Waals surface area contributed by atoms with Crippen molar-refractivity contribution in [3.05, 3.63) is 164 Å². The highest BCUT2D eigenvalue weighted by Gasteiger charge is 2.32. The van der Waals surface area contributed by atoms with Crippen molar-refractivity contribution < 1.29 is 96.7 Å². The number of rotatable bonds is 18. The van der Waals surface area contributed by atoms with Gasteiger partial charge >= 0.3 is 10.4 Å². The first-order valence-corrected chi connectivity index (χ1v) is 34.7. The summed E-state index contributed by atoms with van der Waals surface area (Å²) in [6.45, 7) is 21.6. The lowest BCUT2D eigenvalue weighted by Crippen LogP contribution is -2.34. The number of carbonyl (C=O) groups excluding carboxylic acids is 1. The minimum atomic E-state index is -4.72. The fourth-order valence-corrected chi connectivity index (χ4v) is 12.1. The molecule has 1 unspecified atom stereocenters. The molecule has 520 valence electrons. The Hall–Kier alpha value is -7.11. The fraction of sp³-hybridized carbons (Fsp3) is 0.443. The molecule has 0 amide bonds. The summed E-state index contributed by atoms with van der Waals surface area (Å²) in [7, 11) is -15.2. The van der Waals surface area contributed by atoms with Crippen molar-refractivity contribution in [3.63, 3.8) is 0 Å². The minimum absolute atomic E-state index is 0. The fourth-order valence-electron chi connectivity index (χ4n) is 8.48. The van der Waals surface area contributed by atoms with Crippen LogP contribution in [0, 0.1) is 5.92 Å². The van der Waals surface area contributed by atoms with Gasteiger partial charge in [0.2, 0.25) is 37.9 Å². The minimum Gasteiger partial charge on any atom is -0.296 e. The topological polar surface area (TPSA) is 342 Å². The van der Waals surface area contributed by atoms with Gasteiger partial charge in [0.1, 0.15) is 94.6 Å². The van der Waals surface area contributed by atoms with Crippen LogP contribution in [0.3, 0.4) is 0 Å². The van der Waals surface area contributed by atoms with Crippen LogP contribution >= 0.6 is 0 Å². The molecular formula is C61H99N10O17S5+5. The summed E-state index contributed by atoms with van der Waals surface area (Å²) in [6.07, 6.45) is 25.4. The lowest BCUT2D eigenvalue weighted by atomic mass is 10.0. The van der Waals surface area contributed by atoms with Gasteiger partial charge in [-0.3, -0.25) is 27.6 Å². The van der Waals surface area contributed by atoms with Gasteiger partial charge in [-0.05, 0) is 85.5 Å². The van der Waals surface area contributed by atoms with Gasteiger partial charge in [-0.1, -0.05) is 103 Å². The van der Waals surface area contributed by atoms with E-state index < -0.39 is 66.9 Å². The molecular weight excluding hydrogens is 1310 g/mol. The zero-order valence-electron chi connectivity index (χ0n) is 52.3. The zero-order valence-corrected chi connectivity index (χ0v) is 56.4. The smallest absolute Gasteiger partial charge is 0.296 e. The van der Waals surface area contributed by atoms with E-state index in [-0.39, 0.29) is 74.6 Å². The molecule has 0 aliphatic heterocycles. The maximum Gasteiger partial charge on any atom is 0.401 e. The first kappa shape index (κ1) is 85.9. The monoisotopic (exact) mass is 1400 g/mol. The Morgan fingerprint density at radius 3 is 1.25 bits per heavy atom. The number of aromatic nitrogens is 10. The normalized spacial score (nSPS) is 11.9. The van der Waals surface area contributed by atoms with Crippen LogP contribution < -0.4 is 22.8 Å². The number of nitrogens with zero attached hydrogens (tertiary/aromatic N) is 10. The van der Waals surface area contributed by atoms with Crippen LogP contribution in [0.1, 0.15) is 158 Å². The van der Waals surface area contributed by atoms with Crippen LogP contribution in [-0.4, -0.2) is 93.5 Å². The predicted molar refractivity (Wildman–Crippen MR) is 351 cm³/mol. The number of hydrogen-bond acceptors (Lipinski definition) is 12. The van der Waals surface area contributed by atoms with Gasteiger partial charge in [-0.2, -0.15) is 46.7 Å². The number of carbonyl (C=O) groups is 1. The van der Waals surface area contributed by atoms with E-state index in [2.05, 4.69) is 22.6 Å². The molecule has 0 aliphatic carbocycles. The average Bonchev–Trinajstić information content (AvgIpc) is 1.60. The summed E-state index contributed by atoms with van der Waals surface area (Å²) in [5, 5.41) is 0. The number of aryl methyl sites for hydroxylation is 4. The molecule has 0 saturated carbocycles. The molecule has 0 aliphatic rings. The Kier molecular flexibility index (Phi) is 32.7. The average molecular weight is 1400 g/mol. The van der Waals surface area contributed by atoms with Crippen molar-refractivity contribution in [1.82, 2.24) is 22.8 Å². The Labute approximate surface area is 551 Å². The van der Waals surface area contributed by atoms with E-state index in [0.717, 1.165) is 11.1 Å². The number of imidazole rings is 5. The van der Waals surface area contributed by atoms with Gasteiger partial charge < -0.3 is 0 Å². The third kappa shape index (κ3) is 26.3. The first-order chi connectivity index (χ1) is 40.9. The number of hydrogen-bond donors (Lipinski definition) is 5. The standard InChI is InChI=1S/C14H18N2O3S.C13H16N2O6S2.C13H16N2O3S.C9H15N2O.C8H14N2O4S.4CH4/c1-11(2)12-4-5-13(14(8-12)20(17,18)19)9-16-7-6-15(3)10-16;1-9(2)10-6-11(22(16,17)18)13(12(7-10)23(19,20)21)15-5-4-14(3)8-15;1-10(2)11-4-5-12(13(8-11)19(16,17)18)15-7-6-14(3)9-15;1-8(2)11-5-4-10(7-11)6-9(3)12;1-7(2)8(14-15(11,12)13)10-5-4-9(3)6-10;;;;/h4-8,10-11H,9H2,1-3H3;4-9H,1-3H3,(H-,16,17,18,19,20,21);4-10H,1-3H3;4-5,7-8H,6H2,1-3H3;4-8H,1-3H3;4*1H4/q;;;+1;;;;;/p+4. The van der Waals surface area contributed by atoms with E-state index in [0.29, 0.717) is 35.9 Å². The molecule has 0 fully saturated rings. The molecule has 8 aromatic rings. The Morgan fingerprint density at radius 2 is 0.882 bits per heavy atom. The van der Waals surface area contributed by atoms with Crippen molar-refractivity contribution in [3.8, 4) is 11.4 Å². The summed E-state index contributed by atoms with van der Waals surface area (Å²) in [4.78, 5) is 9.49. The van der Waals surface area contributed by atoms with Crippen molar-refractivity contribution in [2.45, 2.75) is 169 Å². The van der Waals surface area contributed by atoms with E-state index in [1.54, 1.807) is 133 Å². The molecule has 0 bridgehead atoms. The highest BCUT2D eigenvalue weighted by Crippen LogP contribution is 2.32. The van der Waals surface area contributed by atoms with Gasteiger partial charge in [-0.15, -0.1) is 0 Å². The summed E-state index contributed by atoms with van der Waals surface area (Å²) in [5.41, 5.74) is 2.79. The first-order valence-electron chi connectivity index (χ1n) is 27.5. The van der Waals surface area contributed by atoms with Gasteiger partial charge in [0.25, 0.3) is 40.5 Å². The molecule has 32 heteroatoms. The molecule has 5 N–H and O–H groups in total. The third-order valence-corrected chi connectivity index (χ3v) is 17.1. The third-order valence-electron chi connectivity index (χ3n) is 13.1. The molecule has 3 aromatic carbocycles. The Balaban J connectivity index is 0.00000114. The summed E-state index contributed by atoms with van der Waals surface area (Å²) < 4.78 is 183. The van der Waals surface area contributed by atoms with Crippen LogP contribution in [0.25, 0.3) is 11.4 Å². The second kappa shape index (κ2) is 35.4. The van der Waals surface area contributed by atoms with Gasteiger partial charge in [-0.25, -0.2) is 45.3 Å². The maximum atomic E-state index is 11.7. The van der Waals surface area contributed by atoms with E-state index >= 15 is 0 Å². The van der Waals surface area contributed by atoms with E-state index in [1.165, 1.54) is 35.3 Å². The van der Waals surface area contributed by atoms with E-state index in [9.17, 15) is 65.1 Å². The van der Waals surface area contributed by atoms with Crippen molar-refractivity contribution in [2.75, 3.05) is 0 Å². The van der Waals surface area contributed by atoms with Crippen LogP contribution in [0.15, 0.2) is 162 Å². The van der Waals surface area contributed by atoms with Crippen molar-refractivity contribution >= 4 is 56.7 Å². The Morgan fingerprint density at radius 1 is 0.473 bits per heavy atom. The highest BCUT2D eigenvalue weighted by atomic mass is 32.3. The lowest BCUT2D eigenvalue weighted by molar-refractivity contribution is -0.683. The highest BCUT2D eigenvalue weighted by molar-refractivity contribution is 7.87. The van der Waals surface area contributed by atoms with Crippen LogP contribution in [0.5, 0.6) is 0 Å². The largest absolute Gasteiger partial charge is 0.401 e. The summed E-state index contributed by atoms with van der Waals surface area (Å²) >= 11 is 0. The molecule has 0 spiro atoms. The van der Waals surface area contributed by atoms with E-state index in [4.69, 9.17) is 4.55 Å². The zero-order chi connectivity index (χ0) is 67.5. The molecule has 0 saturated heterocycles. The molecule has 8 rings (SSSR count). The predicted octanol–water partition coefficient (Wildman–Crippen LogP) is 8.10. The van der Waals surface area contributed by atoms with Crippen LogP contribution in [-0.2, 0) is 101 Å². The second-order valence-corrected chi connectivity index (χ2v) is 29.2. The molecule has 5 aromatic heterocycles. The SMILES string of the molecule is C.C.C.C.CC(=O)C[n+]1ccn(C(C)C)c1.CC(C)C(OS(=O)(=O)O)n1cc[n+](C)c1.CC(C)c1cc(S(=O)(=O)O)c(-n2cc[n+](C)c2)c(S(=O)(=O)O)c1.CC(C)c1ccc(-n2cc[n+](C)c2)c(S(=O)(=O)O)c1.CC(C)c1ccc(Cn2cc[n+](C)c2)c(S(=O)(=O)O)c1. The van der Waals surface area contributed by atoms with Gasteiger partial charge in [0.05, 0.1) is 34.2 Å². The van der Waals surface area contributed by atoms with E-state index in [1.807, 2.05) is 105 Å².